The number of hydrogen-bond donors (Lipinski definition) is 2. The van der Waals surface area contributed by atoms with E-state index in [-0.39, 0.29) is 5.91 Å². The molecule has 0 atom stereocenters. The van der Waals surface area contributed by atoms with Gasteiger partial charge >= 0.3 is 0 Å². The predicted octanol–water partition coefficient (Wildman–Crippen LogP) is 4.34. The van der Waals surface area contributed by atoms with Gasteiger partial charge in [-0.2, -0.15) is 0 Å². The minimum absolute atomic E-state index is 0.240. The quantitative estimate of drug-likeness (QED) is 0.638. The molecule has 0 unspecified atom stereocenters. The van der Waals surface area contributed by atoms with E-state index in [0.29, 0.717) is 16.4 Å². The van der Waals surface area contributed by atoms with Crippen molar-refractivity contribution in [3.63, 3.8) is 0 Å². The van der Waals surface area contributed by atoms with Crippen molar-refractivity contribution in [3.8, 4) is 0 Å². The molecule has 2 aromatic carbocycles. The summed E-state index contributed by atoms with van der Waals surface area (Å²) < 4.78 is 0.771. The van der Waals surface area contributed by atoms with E-state index >= 15 is 0 Å². The number of benzene rings is 2. The fourth-order valence-electron chi connectivity index (χ4n) is 1.60. The minimum Gasteiger partial charge on any atom is -0.399 e. The van der Waals surface area contributed by atoms with Crippen LogP contribution in [-0.4, -0.2) is 5.91 Å². The number of rotatable bonds is 3. The Labute approximate surface area is 130 Å². The minimum atomic E-state index is -0.240. The van der Waals surface area contributed by atoms with E-state index in [1.807, 2.05) is 12.1 Å². The highest BCUT2D eigenvalue weighted by Gasteiger charge is 2.03. The second kappa shape index (κ2) is 6.59. The Balaban J connectivity index is 2.07. The number of hydrogen-bond acceptors (Lipinski definition) is 2. The predicted molar refractivity (Wildman–Crippen MR) is 87.7 cm³/mol. The summed E-state index contributed by atoms with van der Waals surface area (Å²) in [7, 11) is 0. The maximum Gasteiger partial charge on any atom is 0.248 e. The maximum atomic E-state index is 11.8. The number of anilines is 2. The van der Waals surface area contributed by atoms with E-state index in [1.165, 1.54) is 6.08 Å². The molecule has 1 amide bonds. The molecule has 0 aliphatic carbocycles. The third kappa shape index (κ3) is 4.11. The molecular formula is C15H12BrClN2O. The van der Waals surface area contributed by atoms with Gasteiger partial charge in [0.05, 0.1) is 5.69 Å². The first-order chi connectivity index (χ1) is 9.54. The second-order valence-electron chi connectivity index (χ2n) is 4.12. The molecule has 5 heteroatoms. The molecule has 0 aromatic heterocycles. The van der Waals surface area contributed by atoms with Crippen LogP contribution in [0.3, 0.4) is 0 Å². The Morgan fingerprint density at radius 1 is 1.25 bits per heavy atom. The van der Waals surface area contributed by atoms with Crippen LogP contribution in [0.25, 0.3) is 6.08 Å². The first-order valence-corrected chi connectivity index (χ1v) is 7.01. The molecule has 2 aromatic rings. The van der Waals surface area contributed by atoms with E-state index < -0.39 is 0 Å². The number of amides is 1. The maximum absolute atomic E-state index is 11.8. The van der Waals surface area contributed by atoms with E-state index in [2.05, 4.69) is 21.2 Å². The Kier molecular flexibility index (Phi) is 4.82. The molecule has 3 nitrogen and oxygen atoms in total. The molecule has 0 spiro atoms. The van der Waals surface area contributed by atoms with Crippen LogP contribution in [0.1, 0.15) is 5.56 Å². The molecule has 0 bridgehead atoms. The summed E-state index contributed by atoms with van der Waals surface area (Å²) in [6.07, 6.45) is 3.15. The fourth-order valence-corrected chi connectivity index (χ4v) is 2.12. The molecule has 0 radical (unpaired) electrons. The van der Waals surface area contributed by atoms with Gasteiger partial charge in [0.25, 0.3) is 0 Å². The number of nitrogens with one attached hydrogen (secondary N) is 1. The number of nitrogen functional groups attached to an aromatic ring is 1. The molecule has 20 heavy (non-hydrogen) atoms. The third-order valence-electron chi connectivity index (χ3n) is 2.52. The average Bonchev–Trinajstić information content (AvgIpc) is 2.41. The summed E-state index contributed by atoms with van der Waals surface area (Å²) in [5.41, 5.74) is 7.82. The Morgan fingerprint density at radius 3 is 2.80 bits per heavy atom. The van der Waals surface area contributed by atoms with E-state index in [0.717, 1.165) is 10.0 Å². The van der Waals surface area contributed by atoms with Crippen LogP contribution in [0, 0.1) is 0 Å². The van der Waals surface area contributed by atoms with Crippen LogP contribution in [-0.2, 0) is 4.79 Å². The van der Waals surface area contributed by atoms with E-state index in [1.54, 1.807) is 36.4 Å². The Bertz CT molecular complexity index is 671. The molecule has 102 valence electrons. The first-order valence-electron chi connectivity index (χ1n) is 5.84. The standard InChI is InChI=1S/C15H12BrClN2O/c16-13-6-5-11(17)9-14(13)19-15(20)7-4-10-2-1-3-12(18)8-10/h1-9H,18H2,(H,19,20)/b7-4+. The zero-order chi connectivity index (χ0) is 14.5. The van der Waals surface area contributed by atoms with Crippen molar-refractivity contribution >= 4 is 50.9 Å². The number of carbonyl (C=O) groups excluding carboxylic acids is 1. The lowest BCUT2D eigenvalue weighted by Crippen LogP contribution is -2.08. The highest BCUT2D eigenvalue weighted by molar-refractivity contribution is 9.10. The number of nitrogens with two attached hydrogens (primary N) is 1. The van der Waals surface area contributed by atoms with Gasteiger partial charge in [-0.1, -0.05) is 23.7 Å². The summed E-state index contributed by atoms with van der Waals surface area (Å²) in [5, 5.41) is 3.31. The Morgan fingerprint density at radius 2 is 2.05 bits per heavy atom. The van der Waals surface area contributed by atoms with Gasteiger partial charge in [-0.25, -0.2) is 0 Å². The highest BCUT2D eigenvalue weighted by Crippen LogP contribution is 2.25. The van der Waals surface area contributed by atoms with Crippen LogP contribution in [0.2, 0.25) is 5.02 Å². The summed E-state index contributed by atoms with van der Waals surface area (Å²) in [5.74, 6) is -0.240. The lowest BCUT2D eigenvalue weighted by atomic mass is 10.2. The molecule has 0 aliphatic rings. The van der Waals surface area contributed by atoms with Crippen molar-refractivity contribution in [2.45, 2.75) is 0 Å². The van der Waals surface area contributed by atoms with Gasteiger partial charge < -0.3 is 11.1 Å². The average molecular weight is 352 g/mol. The van der Waals surface area contributed by atoms with Gasteiger partial charge in [0.15, 0.2) is 0 Å². The van der Waals surface area contributed by atoms with Crippen molar-refractivity contribution in [1.29, 1.82) is 0 Å². The molecule has 0 saturated carbocycles. The van der Waals surface area contributed by atoms with Crippen LogP contribution < -0.4 is 11.1 Å². The Hall–Kier alpha value is -1.78. The zero-order valence-corrected chi connectivity index (χ0v) is 12.8. The molecule has 0 aliphatic heterocycles. The van der Waals surface area contributed by atoms with Crippen molar-refractivity contribution in [2.24, 2.45) is 0 Å². The number of carbonyl (C=O) groups is 1. The van der Waals surface area contributed by atoms with Gasteiger partial charge in [0, 0.05) is 21.3 Å². The van der Waals surface area contributed by atoms with Gasteiger partial charge in [-0.05, 0) is 57.9 Å². The molecule has 0 saturated heterocycles. The van der Waals surface area contributed by atoms with E-state index in [9.17, 15) is 4.79 Å². The monoisotopic (exact) mass is 350 g/mol. The van der Waals surface area contributed by atoms with Crippen molar-refractivity contribution in [1.82, 2.24) is 0 Å². The van der Waals surface area contributed by atoms with Gasteiger partial charge in [-0.3, -0.25) is 4.79 Å². The van der Waals surface area contributed by atoms with E-state index in [4.69, 9.17) is 17.3 Å². The lowest BCUT2D eigenvalue weighted by Gasteiger charge is -2.05. The SMILES string of the molecule is Nc1cccc(/C=C/C(=O)Nc2cc(Cl)ccc2Br)c1. The molecule has 0 heterocycles. The summed E-state index contributed by atoms with van der Waals surface area (Å²) in [6.45, 7) is 0. The van der Waals surface area contributed by atoms with Crippen LogP contribution in [0.15, 0.2) is 53.0 Å². The van der Waals surface area contributed by atoms with Crippen molar-refractivity contribution in [3.05, 3.63) is 63.6 Å². The first kappa shape index (κ1) is 14.6. The largest absolute Gasteiger partial charge is 0.399 e. The molecular weight excluding hydrogens is 340 g/mol. The van der Waals surface area contributed by atoms with Crippen LogP contribution in [0.5, 0.6) is 0 Å². The topological polar surface area (TPSA) is 55.1 Å². The summed E-state index contributed by atoms with van der Waals surface area (Å²) >= 11 is 9.24. The summed E-state index contributed by atoms with van der Waals surface area (Å²) in [6, 6.07) is 12.5. The molecule has 3 N–H and O–H groups in total. The fraction of sp³-hybridized carbons (Fsp3) is 0. The van der Waals surface area contributed by atoms with Crippen molar-refractivity contribution < 1.29 is 4.79 Å². The second-order valence-corrected chi connectivity index (χ2v) is 5.41. The van der Waals surface area contributed by atoms with Gasteiger partial charge in [-0.15, -0.1) is 0 Å². The smallest absolute Gasteiger partial charge is 0.248 e. The molecule has 2 rings (SSSR count). The zero-order valence-electron chi connectivity index (χ0n) is 10.4. The lowest BCUT2D eigenvalue weighted by molar-refractivity contribution is -0.111. The van der Waals surface area contributed by atoms with Gasteiger partial charge in [0.2, 0.25) is 5.91 Å². The van der Waals surface area contributed by atoms with Crippen LogP contribution >= 0.6 is 27.5 Å². The number of halogens is 2. The van der Waals surface area contributed by atoms with Gasteiger partial charge in [0.1, 0.15) is 0 Å². The third-order valence-corrected chi connectivity index (χ3v) is 3.45. The van der Waals surface area contributed by atoms with Crippen LogP contribution in [0.4, 0.5) is 11.4 Å². The normalized spacial score (nSPS) is 10.7. The summed E-state index contributed by atoms with van der Waals surface area (Å²) in [4.78, 5) is 11.8. The van der Waals surface area contributed by atoms with Crippen molar-refractivity contribution in [2.75, 3.05) is 11.1 Å². The molecule has 0 fully saturated rings. The highest BCUT2D eigenvalue weighted by atomic mass is 79.9.